The minimum Gasteiger partial charge on any atom is -0.294 e. The van der Waals surface area contributed by atoms with Crippen molar-refractivity contribution < 1.29 is 8.42 Å². The molecule has 0 spiro atoms. The highest BCUT2D eigenvalue weighted by Gasteiger charge is 2.33. The SMILES string of the molecule is CCc1nc2cccc3c2n1-c1cc(-c2ccc4c5c(cccc25)-c2ccccc2-4)ccc1S3(=O)=O. The van der Waals surface area contributed by atoms with Crippen LogP contribution >= 0.6 is 0 Å². The van der Waals surface area contributed by atoms with Crippen LogP contribution < -0.4 is 0 Å². The van der Waals surface area contributed by atoms with Crippen LogP contribution in [0, 0.1) is 0 Å². The zero-order valence-electron chi connectivity index (χ0n) is 19.5. The summed E-state index contributed by atoms with van der Waals surface area (Å²) in [6.07, 6.45) is 0.705. The molecule has 5 heteroatoms. The largest absolute Gasteiger partial charge is 0.294 e. The van der Waals surface area contributed by atoms with Crippen LogP contribution in [0.3, 0.4) is 0 Å². The van der Waals surface area contributed by atoms with Gasteiger partial charge in [0, 0.05) is 6.42 Å². The number of hydrogen-bond acceptors (Lipinski definition) is 3. The molecule has 0 amide bonds. The molecule has 1 aromatic heterocycles. The Kier molecular flexibility index (Phi) is 3.73. The van der Waals surface area contributed by atoms with E-state index in [1.807, 2.05) is 22.8 Å². The van der Waals surface area contributed by atoms with Gasteiger partial charge < -0.3 is 0 Å². The Labute approximate surface area is 208 Å². The van der Waals surface area contributed by atoms with Gasteiger partial charge in [-0.25, -0.2) is 13.4 Å². The van der Waals surface area contributed by atoms with E-state index >= 15 is 0 Å². The van der Waals surface area contributed by atoms with Crippen LogP contribution in [-0.2, 0) is 16.3 Å². The van der Waals surface area contributed by atoms with Crippen molar-refractivity contribution in [2.75, 3.05) is 0 Å². The van der Waals surface area contributed by atoms with Gasteiger partial charge in [-0.05, 0) is 68.4 Å². The minimum absolute atomic E-state index is 0.329. The number of imidazole rings is 1. The number of benzene rings is 5. The van der Waals surface area contributed by atoms with Crippen LogP contribution in [0.15, 0.2) is 101 Å². The van der Waals surface area contributed by atoms with Crippen molar-refractivity contribution in [3.05, 3.63) is 96.8 Å². The molecule has 172 valence electrons. The summed E-state index contributed by atoms with van der Waals surface area (Å²) in [5.74, 6) is 0.863. The number of aromatic nitrogens is 2. The Morgan fingerprint density at radius 3 is 2.25 bits per heavy atom. The third kappa shape index (κ3) is 2.34. The summed E-state index contributed by atoms with van der Waals surface area (Å²) in [5.41, 5.74) is 9.18. The van der Waals surface area contributed by atoms with E-state index in [-0.39, 0.29) is 0 Å². The molecule has 36 heavy (non-hydrogen) atoms. The molecule has 8 rings (SSSR count). The third-order valence-electron chi connectivity index (χ3n) is 7.66. The van der Waals surface area contributed by atoms with Crippen molar-refractivity contribution in [1.29, 1.82) is 0 Å². The predicted octanol–water partition coefficient (Wildman–Crippen LogP) is 7.20. The van der Waals surface area contributed by atoms with Crippen LogP contribution in [0.4, 0.5) is 0 Å². The number of fused-ring (bicyclic) bond motifs is 5. The van der Waals surface area contributed by atoms with Gasteiger partial charge in [0.1, 0.15) is 5.82 Å². The summed E-state index contributed by atoms with van der Waals surface area (Å²) in [5, 5.41) is 2.43. The molecule has 0 unspecified atom stereocenters. The quantitative estimate of drug-likeness (QED) is 0.261. The lowest BCUT2D eigenvalue weighted by atomic mass is 9.94. The van der Waals surface area contributed by atoms with Gasteiger partial charge in [0.05, 0.1) is 26.5 Å². The summed E-state index contributed by atoms with van der Waals surface area (Å²) in [6, 6.07) is 30.5. The molecule has 0 atom stereocenters. The van der Waals surface area contributed by atoms with Crippen molar-refractivity contribution in [2.24, 2.45) is 0 Å². The van der Waals surface area contributed by atoms with E-state index in [4.69, 9.17) is 4.98 Å². The number of para-hydroxylation sites is 1. The second-order valence-corrected chi connectivity index (χ2v) is 11.3. The maximum atomic E-state index is 13.6. The topological polar surface area (TPSA) is 52.0 Å². The summed E-state index contributed by atoms with van der Waals surface area (Å²) >= 11 is 0. The number of rotatable bonds is 2. The number of hydrogen-bond donors (Lipinski definition) is 0. The second kappa shape index (κ2) is 6.71. The van der Waals surface area contributed by atoms with Crippen LogP contribution in [-0.4, -0.2) is 18.0 Å². The van der Waals surface area contributed by atoms with Gasteiger partial charge in [-0.15, -0.1) is 0 Å². The third-order valence-corrected chi connectivity index (χ3v) is 9.50. The fourth-order valence-electron chi connectivity index (χ4n) is 6.12. The molecule has 0 saturated heterocycles. The maximum absolute atomic E-state index is 13.6. The monoisotopic (exact) mass is 484 g/mol. The Morgan fingerprint density at radius 2 is 1.44 bits per heavy atom. The first-order valence-electron chi connectivity index (χ1n) is 12.1. The molecule has 1 aliphatic carbocycles. The van der Waals surface area contributed by atoms with Crippen LogP contribution in [0.25, 0.3) is 60.9 Å². The van der Waals surface area contributed by atoms with Gasteiger partial charge in [-0.3, -0.25) is 4.57 Å². The van der Waals surface area contributed by atoms with Gasteiger partial charge >= 0.3 is 0 Å². The van der Waals surface area contributed by atoms with E-state index in [0.717, 1.165) is 17.0 Å². The van der Waals surface area contributed by atoms with E-state index < -0.39 is 9.84 Å². The molecule has 2 heterocycles. The lowest BCUT2D eigenvalue weighted by Crippen LogP contribution is -2.16. The molecule has 2 aliphatic rings. The molecule has 1 aliphatic heterocycles. The van der Waals surface area contributed by atoms with Gasteiger partial charge in [0.2, 0.25) is 9.84 Å². The molecule has 0 N–H and O–H groups in total. The van der Waals surface area contributed by atoms with Crippen LogP contribution in [0.2, 0.25) is 0 Å². The second-order valence-electron chi connectivity index (χ2n) is 9.46. The number of aryl methyl sites for hydroxylation is 1. The zero-order valence-corrected chi connectivity index (χ0v) is 20.3. The normalized spacial score (nSPS) is 14.2. The Bertz CT molecular complexity index is 2020. The smallest absolute Gasteiger partial charge is 0.210 e. The number of sulfone groups is 1. The highest BCUT2D eigenvalue weighted by atomic mass is 32.2. The average molecular weight is 485 g/mol. The molecule has 0 saturated carbocycles. The van der Waals surface area contributed by atoms with Crippen LogP contribution in [0.1, 0.15) is 12.7 Å². The first-order valence-corrected chi connectivity index (χ1v) is 13.6. The first kappa shape index (κ1) is 20.0. The number of nitrogens with zero attached hydrogens (tertiary/aromatic N) is 2. The van der Waals surface area contributed by atoms with Gasteiger partial charge in [-0.1, -0.05) is 73.7 Å². The van der Waals surface area contributed by atoms with E-state index in [0.29, 0.717) is 32.9 Å². The fraction of sp³-hybridized carbons (Fsp3) is 0.0645. The maximum Gasteiger partial charge on any atom is 0.210 e. The molecule has 6 aromatic rings. The predicted molar refractivity (Wildman–Crippen MR) is 143 cm³/mol. The van der Waals surface area contributed by atoms with Crippen molar-refractivity contribution in [2.45, 2.75) is 23.1 Å². The van der Waals surface area contributed by atoms with Crippen molar-refractivity contribution >= 4 is 31.6 Å². The molecule has 4 nitrogen and oxygen atoms in total. The Morgan fingerprint density at radius 1 is 0.722 bits per heavy atom. The fourth-order valence-corrected chi connectivity index (χ4v) is 7.74. The highest BCUT2D eigenvalue weighted by Crippen LogP contribution is 2.49. The molecule has 0 bridgehead atoms. The molecule has 0 radical (unpaired) electrons. The van der Waals surface area contributed by atoms with Gasteiger partial charge in [-0.2, -0.15) is 0 Å². The summed E-state index contributed by atoms with van der Waals surface area (Å²) in [7, 11) is -3.64. The average Bonchev–Trinajstić information content (AvgIpc) is 3.45. The summed E-state index contributed by atoms with van der Waals surface area (Å²) in [4.78, 5) is 5.43. The Hall–Kier alpha value is -4.22. The molecular weight excluding hydrogens is 464 g/mol. The lowest BCUT2D eigenvalue weighted by molar-refractivity contribution is 0.594. The molecule has 0 fully saturated rings. The standard InChI is InChI=1S/C31H20N2O2S/c1-2-29-32-25-11-6-12-28-31(25)33(29)26-17-18(13-16-27(26)36(28,34)35)19-14-15-24-21-8-4-3-7-20(21)23-10-5-9-22(19)30(23)24/h3-17H,2H2,1H3. The van der Waals surface area contributed by atoms with Crippen molar-refractivity contribution in [1.82, 2.24) is 9.55 Å². The lowest BCUT2D eigenvalue weighted by Gasteiger charge is -2.22. The summed E-state index contributed by atoms with van der Waals surface area (Å²) in [6.45, 7) is 2.05. The minimum atomic E-state index is -3.64. The van der Waals surface area contributed by atoms with Crippen molar-refractivity contribution in [3.63, 3.8) is 0 Å². The first-order chi connectivity index (χ1) is 17.6. The van der Waals surface area contributed by atoms with Gasteiger partial charge in [0.25, 0.3) is 0 Å². The van der Waals surface area contributed by atoms with Crippen LogP contribution in [0.5, 0.6) is 0 Å². The Balaban J connectivity index is 1.43. The zero-order chi connectivity index (χ0) is 24.2. The highest BCUT2D eigenvalue weighted by molar-refractivity contribution is 7.92. The van der Waals surface area contributed by atoms with E-state index in [9.17, 15) is 8.42 Å². The van der Waals surface area contributed by atoms with Gasteiger partial charge in [0.15, 0.2) is 0 Å². The molecule has 5 aromatic carbocycles. The van der Waals surface area contributed by atoms with E-state index in [2.05, 4.69) is 61.5 Å². The molecular formula is C31H20N2O2S. The van der Waals surface area contributed by atoms with Crippen molar-refractivity contribution in [3.8, 4) is 39.1 Å². The summed E-state index contributed by atoms with van der Waals surface area (Å²) < 4.78 is 29.3. The van der Waals surface area contributed by atoms with E-state index in [1.165, 1.54) is 33.0 Å². The van der Waals surface area contributed by atoms with E-state index in [1.54, 1.807) is 18.2 Å².